The van der Waals surface area contributed by atoms with Gasteiger partial charge >= 0.3 is 5.97 Å². The summed E-state index contributed by atoms with van der Waals surface area (Å²) in [4.78, 5) is 19.1. The maximum absolute atomic E-state index is 12.0. The number of esters is 1. The molecule has 3 aromatic rings. The molecule has 1 atom stereocenters. The third-order valence-electron chi connectivity index (χ3n) is 5.05. The van der Waals surface area contributed by atoms with Crippen molar-refractivity contribution in [1.82, 2.24) is 14.6 Å². The summed E-state index contributed by atoms with van der Waals surface area (Å²) in [6.07, 6.45) is 3.16. The van der Waals surface area contributed by atoms with Gasteiger partial charge in [0.1, 0.15) is 10.7 Å². The van der Waals surface area contributed by atoms with E-state index >= 15 is 0 Å². The van der Waals surface area contributed by atoms with Gasteiger partial charge in [0.05, 0.1) is 31.9 Å². The zero-order valence-corrected chi connectivity index (χ0v) is 16.2. The van der Waals surface area contributed by atoms with Crippen LogP contribution >= 0.6 is 11.3 Å². The lowest BCUT2D eigenvalue weighted by Crippen LogP contribution is -3.13. The van der Waals surface area contributed by atoms with Crippen LogP contribution in [0.1, 0.15) is 42.3 Å². The third-order valence-corrected chi connectivity index (χ3v) is 6.14. The summed E-state index contributed by atoms with van der Waals surface area (Å²) >= 11 is 1.43. The first-order valence-electron chi connectivity index (χ1n) is 9.18. The van der Waals surface area contributed by atoms with Crippen LogP contribution < -0.4 is 4.90 Å². The molecule has 1 fully saturated rings. The quantitative estimate of drug-likeness (QED) is 0.638. The number of aryl methyl sites for hydroxylation is 1. The number of aromatic hydroxyl groups is 1. The zero-order chi connectivity index (χ0) is 19.0. The van der Waals surface area contributed by atoms with Crippen molar-refractivity contribution in [3.63, 3.8) is 0 Å². The Hall–Kier alpha value is -2.39. The molecule has 8 nitrogen and oxygen atoms in total. The summed E-state index contributed by atoms with van der Waals surface area (Å²) < 4.78 is 12.4. The van der Waals surface area contributed by atoms with Crippen molar-refractivity contribution in [3.8, 4) is 5.88 Å². The van der Waals surface area contributed by atoms with Gasteiger partial charge in [-0.05, 0) is 26.0 Å². The van der Waals surface area contributed by atoms with Crippen LogP contribution in [0.3, 0.4) is 0 Å². The molecule has 4 heterocycles. The van der Waals surface area contributed by atoms with Crippen molar-refractivity contribution in [2.24, 2.45) is 5.92 Å². The van der Waals surface area contributed by atoms with Crippen molar-refractivity contribution >= 4 is 22.3 Å². The molecule has 4 rings (SSSR count). The molecule has 9 heteroatoms. The van der Waals surface area contributed by atoms with Crippen LogP contribution in [0.2, 0.25) is 0 Å². The standard InChI is InChI=1S/C18H22N4O4S/c1-3-25-17(24)12-6-8-21(9-7-12)14(13-5-4-10-26-13)15-16(23)22-18(27-15)19-11(2)20-22/h4-5,10,12,14,23H,3,6-9H2,1-2H3/p+1/t14-/m0/s1. The number of hydrogen-bond acceptors (Lipinski definition) is 7. The van der Waals surface area contributed by atoms with Crippen molar-refractivity contribution in [3.05, 3.63) is 34.9 Å². The van der Waals surface area contributed by atoms with Crippen LogP contribution in [0.5, 0.6) is 5.88 Å². The van der Waals surface area contributed by atoms with E-state index in [1.807, 2.05) is 19.1 Å². The SMILES string of the molecule is CCOC(=O)C1CC[NH+]([C@@H](c2ccco2)c2sc3nc(C)nn3c2O)CC1. The van der Waals surface area contributed by atoms with Gasteiger partial charge in [-0.3, -0.25) is 4.79 Å². The van der Waals surface area contributed by atoms with Crippen molar-refractivity contribution in [2.75, 3.05) is 19.7 Å². The molecule has 0 spiro atoms. The second-order valence-corrected chi connectivity index (χ2v) is 7.79. The van der Waals surface area contributed by atoms with Gasteiger partial charge in [0.2, 0.25) is 10.8 Å². The van der Waals surface area contributed by atoms with E-state index in [4.69, 9.17) is 9.15 Å². The number of hydrogen-bond donors (Lipinski definition) is 2. The molecule has 0 unspecified atom stereocenters. The normalized spacial score (nSPS) is 21.4. The molecule has 0 aliphatic carbocycles. The number of furan rings is 1. The van der Waals surface area contributed by atoms with Gasteiger partial charge in [-0.15, -0.1) is 5.10 Å². The fraction of sp³-hybridized carbons (Fsp3) is 0.500. The number of thiazole rings is 1. The predicted octanol–water partition coefficient (Wildman–Crippen LogP) is 1.35. The highest BCUT2D eigenvalue weighted by Gasteiger charge is 2.38. The first-order valence-corrected chi connectivity index (χ1v) is 9.99. The molecule has 3 aromatic heterocycles. The fourth-order valence-electron chi connectivity index (χ4n) is 3.78. The molecule has 2 N–H and O–H groups in total. The summed E-state index contributed by atoms with van der Waals surface area (Å²) in [5, 5.41) is 15.0. The smallest absolute Gasteiger partial charge is 0.309 e. The number of piperidine rings is 1. The molecular formula is C18H23N4O4S+. The summed E-state index contributed by atoms with van der Waals surface area (Å²) in [5.41, 5.74) is 0. The van der Waals surface area contributed by atoms with Crippen LogP contribution in [0, 0.1) is 12.8 Å². The number of fused-ring (bicyclic) bond motifs is 1. The number of quaternary nitrogens is 1. The Bertz CT molecular complexity index is 925. The Morgan fingerprint density at radius 2 is 2.30 bits per heavy atom. The van der Waals surface area contributed by atoms with Crippen LogP contribution in [0.4, 0.5) is 0 Å². The van der Waals surface area contributed by atoms with Crippen LogP contribution in [0.15, 0.2) is 22.8 Å². The number of likely N-dealkylation sites (tertiary alicyclic amines) is 1. The molecule has 144 valence electrons. The molecule has 0 bridgehead atoms. The van der Waals surface area contributed by atoms with E-state index in [1.54, 1.807) is 13.2 Å². The topological polar surface area (TPSA) is 94.3 Å². The average molecular weight is 391 g/mol. The molecule has 0 saturated carbocycles. The molecule has 27 heavy (non-hydrogen) atoms. The number of rotatable bonds is 5. The zero-order valence-electron chi connectivity index (χ0n) is 15.3. The summed E-state index contributed by atoms with van der Waals surface area (Å²) in [7, 11) is 0. The Morgan fingerprint density at radius 1 is 1.52 bits per heavy atom. The van der Waals surface area contributed by atoms with Gasteiger partial charge in [0, 0.05) is 12.8 Å². The number of carbonyl (C=O) groups is 1. The van der Waals surface area contributed by atoms with Crippen LogP contribution in [0.25, 0.3) is 4.96 Å². The first kappa shape index (κ1) is 18.0. The van der Waals surface area contributed by atoms with Crippen molar-refractivity contribution in [2.45, 2.75) is 32.7 Å². The monoisotopic (exact) mass is 391 g/mol. The molecule has 1 saturated heterocycles. The third kappa shape index (κ3) is 3.32. The largest absolute Gasteiger partial charge is 0.492 e. The molecular weight excluding hydrogens is 368 g/mol. The lowest BCUT2D eigenvalue weighted by atomic mass is 9.95. The van der Waals surface area contributed by atoms with E-state index in [-0.39, 0.29) is 23.8 Å². The molecule has 1 aliphatic rings. The fourth-order valence-corrected chi connectivity index (χ4v) is 4.95. The highest BCUT2D eigenvalue weighted by atomic mass is 32.1. The minimum absolute atomic E-state index is 0.0514. The van der Waals surface area contributed by atoms with Gasteiger partial charge in [0.15, 0.2) is 11.8 Å². The van der Waals surface area contributed by atoms with E-state index in [0.717, 1.165) is 36.6 Å². The molecule has 0 radical (unpaired) electrons. The maximum atomic E-state index is 12.0. The van der Waals surface area contributed by atoms with Gasteiger partial charge < -0.3 is 19.2 Å². The maximum Gasteiger partial charge on any atom is 0.309 e. The van der Waals surface area contributed by atoms with E-state index < -0.39 is 0 Å². The van der Waals surface area contributed by atoms with Crippen LogP contribution in [-0.4, -0.2) is 45.4 Å². The number of nitrogens with zero attached hydrogens (tertiary/aromatic N) is 3. The summed E-state index contributed by atoms with van der Waals surface area (Å²) in [6.45, 7) is 5.63. The Kier molecular flexibility index (Phi) is 4.88. The Morgan fingerprint density at radius 3 is 2.93 bits per heavy atom. The van der Waals surface area contributed by atoms with Gasteiger partial charge in [0.25, 0.3) is 0 Å². The Balaban J connectivity index is 1.62. The van der Waals surface area contributed by atoms with Gasteiger partial charge in [-0.1, -0.05) is 11.3 Å². The van der Waals surface area contributed by atoms with Crippen molar-refractivity contribution < 1.29 is 24.0 Å². The highest BCUT2D eigenvalue weighted by Crippen LogP contribution is 2.35. The number of ether oxygens (including phenoxy) is 1. The van der Waals surface area contributed by atoms with Gasteiger partial charge in [-0.2, -0.15) is 4.52 Å². The van der Waals surface area contributed by atoms with E-state index in [1.165, 1.54) is 20.8 Å². The van der Waals surface area contributed by atoms with E-state index in [0.29, 0.717) is 17.4 Å². The second kappa shape index (κ2) is 7.32. The first-order chi connectivity index (χ1) is 13.1. The van der Waals surface area contributed by atoms with E-state index in [9.17, 15) is 9.90 Å². The number of aromatic nitrogens is 3. The predicted molar refractivity (Wildman–Crippen MR) is 97.9 cm³/mol. The molecule has 1 aliphatic heterocycles. The average Bonchev–Trinajstić information content (AvgIpc) is 3.36. The molecule has 0 aromatic carbocycles. The number of nitrogens with one attached hydrogen (secondary N) is 1. The van der Waals surface area contributed by atoms with Crippen LogP contribution in [-0.2, 0) is 9.53 Å². The lowest BCUT2D eigenvalue weighted by Gasteiger charge is -2.32. The summed E-state index contributed by atoms with van der Waals surface area (Å²) in [5.74, 6) is 1.36. The second-order valence-electron chi connectivity index (χ2n) is 6.78. The van der Waals surface area contributed by atoms with Gasteiger partial charge in [-0.25, -0.2) is 4.98 Å². The minimum atomic E-state index is -0.156. The lowest BCUT2D eigenvalue weighted by molar-refractivity contribution is -0.931. The minimum Gasteiger partial charge on any atom is -0.492 e. The van der Waals surface area contributed by atoms with E-state index in [2.05, 4.69) is 10.1 Å². The summed E-state index contributed by atoms with van der Waals surface area (Å²) in [6, 6.07) is 3.62. The molecule has 0 amide bonds. The highest BCUT2D eigenvalue weighted by molar-refractivity contribution is 7.17. The Labute approximate surface area is 160 Å². The number of carbonyl (C=O) groups excluding carboxylic acids is 1. The van der Waals surface area contributed by atoms with Crippen molar-refractivity contribution in [1.29, 1.82) is 0 Å².